The average molecular weight is 601 g/mol. The summed E-state index contributed by atoms with van der Waals surface area (Å²) >= 11 is 0. The van der Waals surface area contributed by atoms with E-state index in [1.807, 2.05) is 35.2 Å². The van der Waals surface area contributed by atoms with Gasteiger partial charge in [-0.2, -0.15) is 0 Å². The maximum Gasteiger partial charge on any atom is 0.244 e. The predicted octanol–water partition coefficient (Wildman–Crippen LogP) is 4.01. The van der Waals surface area contributed by atoms with Crippen LogP contribution in [0.15, 0.2) is 59.4 Å². The topological polar surface area (TPSA) is 109 Å². The van der Waals surface area contributed by atoms with Crippen molar-refractivity contribution < 1.29 is 23.8 Å². The summed E-state index contributed by atoms with van der Waals surface area (Å²) in [5.41, 5.74) is 4.27. The lowest BCUT2D eigenvalue weighted by Crippen LogP contribution is -2.52. The fourth-order valence-corrected chi connectivity index (χ4v) is 6.22. The first-order valence-corrected chi connectivity index (χ1v) is 14.9. The summed E-state index contributed by atoms with van der Waals surface area (Å²) in [5, 5.41) is 6.20. The Morgan fingerprint density at radius 2 is 1.61 bits per heavy atom. The SMILES string of the molecule is COc1cc2c(c(OC)c1OC)-c1ccc(NC(C)C(=O)N3CCN(c4ccccc4)CC3)c(=O)cc1C(NC(C)=O)CC2. The van der Waals surface area contributed by atoms with Gasteiger partial charge in [-0.05, 0) is 66.8 Å². The van der Waals surface area contributed by atoms with Crippen LogP contribution < -0.4 is 35.2 Å². The number of aryl methyl sites for hydroxylation is 1. The number of hydrogen-bond acceptors (Lipinski definition) is 8. The van der Waals surface area contributed by atoms with E-state index >= 15 is 0 Å². The van der Waals surface area contributed by atoms with Gasteiger partial charge in [-0.25, -0.2) is 0 Å². The molecule has 1 heterocycles. The molecule has 2 N–H and O–H groups in total. The number of fused-ring (bicyclic) bond motifs is 3. The molecule has 1 aliphatic heterocycles. The van der Waals surface area contributed by atoms with Gasteiger partial charge in [0.05, 0.1) is 33.1 Å². The molecule has 1 aliphatic carbocycles. The quantitative estimate of drug-likeness (QED) is 0.399. The molecule has 1 saturated heterocycles. The molecule has 232 valence electrons. The number of para-hydroxylation sites is 1. The van der Waals surface area contributed by atoms with Gasteiger partial charge in [0.15, 0.2) is 11.5 Å². The van der Waals surface area contributed by atoms with E-state index in [4.69, 9.17) is 14.2 Å². The number of hydrogen-bond donors (Lipinski definition) is 2. The highest BCUT2D eigenvalue weighted by Gasteiger charge is 2.30. The number of anilines is 2. The Morgan fingerprint density at radius 1 is 0.909 bits per heavy atom. The molecule has 0 spiro atoms. The molecule has 2 aliphatic rings. The van der Waals surface area contributed by atoms with Crippen molar-refractivity contribution in [1.82, 2.24) is 10.2 Å². The average Bonchev–Trinajstić information content (AvgIpc) is 3.28. The van der Waals surface area contributed by atoms with Crippen molar-refractivity contribution in [1.29, 1.82) is 0 Å². The predicted molar refractivity (Wildman–Crippen MR) is 171 cm³/mol. The number of rotatable bonds is 8. The second-order valence-electron chi connectivity index (χ2n) is 11.1. The van der Waals surface area contributed by atoms with E-state index in [2.05, 4.69) is 27.7 Å². The summed E-state index contributed by atoms with van der Waals surface area (Å²) < 4.78 is 17.1. The van der Waals surface area contributed by atoms with Crippen LogP contribution in [0.5, 0.6) is 17.2 Å². The lowest BCUT2D eigenvalue weighted by atomic mass is 9.95. The summed E-state index contributed by atoms with van der Waals surface area (Å²) in [4.78, 5) is 43.4. The molecule has 0 saturated carbocycles. The summed E-state index contributed by atoms with van der Waals surface area (Å²) in [6, 6.07) is 16.2. The summed E-state index contributed by atoms with van der Waals surface area (Å²) in [7, 11) is 4.68. The van der Waals surface area contributed by atoms with Crippen molar-refractivity contribution in [3.63, 3.8) is 0 Å². The number of nitrogens with zero attached hydrogens (tertiary/aromatic N) is 2. The van der Waals surface area contributed by atoms with E-state index in [9.17, 15) is 14.4 Å². The monoisotopic (exact) mass is 600 g/mol. The van der Waals surface area contributed by atoms with Crippen LogP contribution in [0.2, 0.25) is 0 Å². The third-order valence-corrected chi connectivity index (χ3v) is 8.37. The zero-order chi connectivity index (χ0) is 31.4. The zero-order valence-electron chi connectivity index (χ0n) is 25.9. The van der Waals surface area contributed by atoms with Crippen LogP contribution in [-0.2, 0) is 16.0 Å². The minimum absolute atomic E-state index is 0.0647. The highest BCUT2D eigenvalue weighted by molar-refractivity contribution is 5.86. The van der Waals surface area contributed by atoms with Gasteiger partial charge < -0.3 is 34.6 Å². The fraction of sp³-hybridized carbons (Fsp3) is 0.382. The summed E-state index contributed by atoms with van der Waals surface area (Å²) in [6.07, 6.45) is 1.17. The van der Waals surface area contributed by atoms with Crippen LogP contribution in [0.4, 0.5) is 11.4 Å². The highest BCUT2D eigenvalue weighted by atomic mass is 16.5. The van der Waals surface area contributed by atoms with Crippen molar-refractivity contribution in [2.45, 2.75) is 38.8 Å². The standard InChI is InChI=1S/C34H40N4O6/c1-21(34(41)38-17-15-37(16-18-38)24-9-7-6-8-10-24)35-28-14-12-25-26(20-29(28)40)27(36-22(2)39)13-11-23-19-30(42-3)32(43-4)33(44-5)31(23)25/h6-10,12,14,19-21,27H,11,13,15-18H2,1-5H3,(H,35,40)(H,36,39). The zero-order valence-corrected chi connectivity index (χ0v) is 25.9. The van der Waals surface area contributed by atoms with Crippen LogP contribution in [0.25, 0.3) is 11.1 Å². The van der Waals surface area contributed by atoms with E-state index in [-0.39, 0.29) is 17.2 Å². The number of piperazine rings is 1. The first kappa shape index (κ1) is 30.7. The van der Waals surface area contributed by atoms with Crippen molar-refractivity contribution >= 4 is 23.2 Å². The smallest absolute Gasteiger partial charge is 0.244 e. The molecule has 0 radical (unpaired) electrons. The Bertz CT molecular complexity index is 1590. The van der Waals surface area contributed by atoms with Gasteiger partial charge in [-0.1, -0.05) is 24.3 Å². The van der Waals surface area contributed by atoms with Gasteiger partial charge >= 0.3 is 0 Å². The third kappa shape index (κ3) is 6.15. The molecule has 2 unspecified atom stereocenters. The number of carbonyl (C=O) groups is 2. The second kappa shape index (κ2) is 13.3. The van der Waals surface area contributed by atoms with E-state index in [1.54, 1.807) is 40.4 Å². The minimum atomic E-state index is -0.620. The number of nitrogens with one attached hydrogen (secondary N) is 2. The van der Waals surface area contributed by atoms with E-state index in [1.165, 1.54) is 6.92 Å². The fourth-order valence-electron chi connectivity index (χ4n) is 6.22. The molecular formula is C34H40N4O6. The Hall–Kier alpha value is -4.73. The van der Waals surface area contributed by atoms with Crippen LogP contribution >= 0.6 is 0 Å². The Labute approximate surface area is 257 Å². The molecule has 0 bridgehead atoms. The van der Waals surface area contributed by atoms with Crippen molar-refractivity contribution in [2.75, 3.05) is 57.7 Å². The van der Waals surface area contributed by atoms with E-state index < -0.39 is 12.1 Å². The van der Waals surface area contributed by atoms with Crippen LogP contribution in [0, 0.1) is 0 Å². The van der Waals surface area contributed by atoms with Gasteiger partial charge in [-0.3, -0.25) is 14.4 Å². The number of amides is 2. The summed E-state index contributed by atoms with van der Waals surface area (Å²) in [5.74, 6) is 1.20. The Morgan fingerprint density at radius 3 is 2.25 bits per heavy atom. The molecule has 10 heteroatoms. The van der Waals surface area contributed by atoms with Crippen molar-refractivity contribution in [3.05, 3.63) is 75.9 Å². The van der Waals surface area contributed by atoms with Crippen LogP contribution in [0.1, 0.15) is 37.4 Å². The lowest BCUT2D eigenvalue weighted by molar-refractivity contribution is -0.132. The molecule has 3 aromatic rings. The number of carbonyl (C=O) groups excluding carboxylic acids is 2. The number of methoxy groups -OCH3 is 3. The van der Waals surface area contributed by atoms with Crippen molar-refractivity contribution in [2.24, 2.45) is 0 Å². The van der Waals surface area contributed by atoms with Crippen LogP contribution in [0.3, 0.4) is 0 Å². The largest absolute Gasteiger partial charge is 0.493 e. The normalized spacial score (nSPS) is 16.5. The second-order valence-corrected chi connectivity index (χ2v) is 11.1. The maximum atomic E-state index is 13.7. The summed E-state index contributed by atoms with van der Waals surface area (Å²) in [6.45, 7) is 5.91. The molecule has 3 aromatic carbocycles. The molecule has 44 heavy (non-hydrogen) atoms. The van der Waals surface area contributed by atoms with Crippen molar-refractivity contribution in [3.8, 4) is 28.4 Å². The molecule has 1 fully saturated rings. The highest BCUT2D eigenvalue weighted by Crippen LogP contribution is 2.50. The minimum Gasteiger partial charge on any atom is -0.493 e. The Kier molecular flexibility index (Phi) is 9.27. The third-order valence-electron chi connectivity index (χ3n) is 8.37. The molecule has 0 aromatic heterocycles. The number of benzene rings is 2. The van der Waals surface area contributed by atoms with E-state index in [0.717, 1.165) is 35.5 Å². The lowest BCUT2D eigenvalue weighted by Gasteiger charge is -2.37. The molecule has 2 amide bonds. The number of ether oxygens (including phenoxy) is 3. The van der Waals surface area contributed by atoms with E-state index in [0.29, 0.717) is 54.4 Å². The van der Waals surface area contributed by atoms with Gasteiger partial charge in [0, 0.05) is 44.4 Å². The molecule has 10 nitrogen and oxygen atoms in total. The van der Waals surface area contributed by atoms with Gasteiger partial charge in [0.2, 0.25) is 23.0 Å². The molecule has 5 rings (SSSR count). The maximum absolute atomic E-state index is 13.7. The van der Waals surface area contributed by atoms with Gasteiger partial charge in [0.25, 0.3) is 0 Å². The van der Waals surface area contributed by atoms with Crippen LogP contribution in [-0.4, -0.2) is 70.3 Å². The first-order valence-electron chi connectivity index (χ1n) is 14.9. The van der Waals surface area contributed by atoms with Gasteiger partial charge in [-0.15, -0.1) is 0 Å². The first-order chi connectivity index (χ1) is 21.2. The molecular weight excluding hydrogens is 560 g/mol. The Balaban J connectivity index is 1.46. The van der Waals surface area contributed by atoms with Gasteiger partial charge in [0.1, 0.15) is 6.04 Å². The molecule has 2 atom stereocenters.